The van der Waals surface area contributed by atoms with Crippen molar-refractivity contribution in [2.45, 2.75) is 6.92 Å². The van der Waals surface area contributed by atoms with E-state index in [4.69, 9.17) is 17.0 Å². The van der Waals surface area contributed by atoms with Crippen LogP contribution in [-0.2, 0) is 0 Å². The molecule has 0 aliphatic carbocycles. The number of methoxy groups -OCH3 is 1. The largest absolute Gasteiger partial charge is 0.496 e. The molecule has 0 aliphatic rings. The Labute approximate surface area is 215 Å². The standard InChI is InChI=1S/C24H21IN4O4S/c1-14-4-3-5-16(12-14)21(30)26-18-9-6-15(7-10-18)23(32)28-29-24(34)27-22(31)17-8-11-20(33-2)19(25)13-17/h3-13H,1-2H3,(H,26,30)(H,28,32)(H2,27,29,31,34). The Bertz CT molecular complexity index is 1250. The second-order valence-corrected chi connectivity index (χ2v) is 8.68. The van der Waals surface area contributed by atoms with Gasteiger partial charge in [-0.25, -0.2) is 0 Å². The van der Waals surface area contributed by atoms with E-state index in [0.717, 1.165) is 9.13 Å². The lowest BCUT2D eigenvalue weighted by atomic mass is 10.1. The molecule has 4 N–H and O–H groups in total. The van der Waals surface area contributed by atoms with E-state index in [2.05, 4.69) is 44.1 Å². The van der Waals surface area contributed by atoms with Gasteiger partial charge in [0.2, 0.25) is 0 Å². The van der Waals surface area contributed by atoms with E-state index in [9.17, 15) is 14.4 Å². The van der Waals surface area contributed by atoms with Gasteiger partial charge in [0.1, 0.15) is 5.75 Å². The van der Waals surface area contributed by atoms with E-state index in [-0.39, 0.29) is 11.0 Å². The average Bonchev–Trinajstić information content (AvgIpc) is 2.82. The molecule has 0 fully saturated rings. The van der Waals surface area contributed by atoms with Gasteiger partial charge in [0.25, 0.3) is 17.7 Å². The van der Waals surface area contributed by atoms with E-state index in [1.165, 1.54) is 0 Å². The number of hydrogen-bond donors (Lipinski definition) is 4. The van der Waals surface area contributed by atoms with Gasteiger partial charge in [0.05, 0.1) is 10.7 Å². The first-order valence-electron chi connectivity index (χ1n) is 10.00. The van der Waals surface area contributed by atoms with Gasteiger partial charge in [0, 0.05) is 22.4 Å². The SMILES string of the molecule is COc1ccc(C(=O)NC(=S)NNC(=O)c2ccc(NC(=O)c3cccc(C)c3)cc2)cc1I. The summed E-state index contributed by atoms with van der Waals surface area (Å²) in [6, 6.07) is 18.6. The summed E-state index contributed by atoms with van der Waals surface area (Å²) < 4.78 is 5.95. The summed E-state index contributed by atoms with van der Waals surface area (Å²) in [6.07, 6.45) is 0. The van der Waals surface area contributed by atoms with Gasteiger partial charge in [-0.3, -0.25) is 30.6 Å². The second-order valence-electron chi connectivity index (χ2n) is 7.11. The predicted octanol–water partition coefficient (Wildman–Crippen LogP) is 3.81. The van der Waals surface area contributed by atoms with Crippen LogP contribution in [0.1, 0.15) is 36.6 Å². The highest BCUT2D eigenvalue weighted by Crippen LogP contribution is 2.21. The fourth-order valence-electron chi connectivity index (χ4n) is 2.89. The molecule has 0 atom stereocenters. The number of hydrogen-bond acceptors (Lipinski definition) is 5. The predicted molar refractivity (Wildman–Crippen MR) is 142 cm³/mol. The van der Waals surface area contributed by atoms with Crippen LogP contribution in [0.2, 0.25) is 0 Å². The van der Waals surface area contributed by atoms with Crippen LogP contribution in [0.4, 0.5) is 5.69 Å². The van der Waals surface area contributed by atoms with Crippen molar-refractivity contribution in [3.8, 4) is 5.75 Å². The Morgan fingerprint density at radius 1 is 0.824 bits per heavy atom. The zero-order valence-electron chi connectivity index (χ0n) is 18.3. The number of hydrazine groups is 1. The first-order valence-corrected chi connectivity index (χ1v) is 11.5. The summed E-state index contributed by atoms with van der Waals surface area (Å²) in [6.45, 7) is 1.91. The molecule has 0 saturated heterocycles. The molecule has 3 rings (SSSR count). The monoisotopic (exact) mass is 588 g/mol. The van der Waals surface area contributed by atoms with E-state index >= 15 is 0 Å². The summed E-state index contributed by atoms with van der Waals surface area (Å²) in [4.78, 5) is 37.1. The molecule has 0 aliphatic heterocycles. The maximum atomic E-state index is 12.4. The van der Waals surface area contributed by atoms with Gasteiger partial charge in [-0.1, -0.05) is 17.7 Å². The number of ether oxygens (including phenoxy) is 1. The third-order valence-corrected chi connectivity index (χ3v) is 5.66. The third-order valence-electron chi connectivity index (χ3n) is 4.62. The molecule has 3 aromatic rings. The van der Waals surface area contributed by atoms with Gasteiger partial charge in [-0.15, -0.1) is 0 Å². The molecule has 8 nitrogen and oxygen atoms in total. The Hall–Kier alpha value is -3.51. The number of carbonyl (C=O) groups excluding carboxylic acids is 3. The van der Waals surface area contributed by atoms with E-state index < -0.39 is 11.8 Å². The quantitative estimate of drug-likeness (QED) is 0.205. The Morgan fingerprint density at radius 3 is 2.15 bits per heavy atom. The number of halogens is 1. The minimum atomic E-state index is -0.466. The van der Waals surface area contributed by atoms with E-state index in [1.54, 1.807) is 61.7 Å². The van der Waals surface area contributed by atoms with Gasteiger partial charge in [0.15, 0.2) is 5.11 Å². The van der Waals surface area contributed by atoms with Crippen molar-refractivity contribution in [1.82, 2.24) is 16.2 Å². The van der Waals surface area contributed by atoms with Crippen LogP contribution < -0.4 is 26.2 Å². The van der Waals surface area contributed by atoms with Crippen LogP contribution in [0.15, 0.2) is 66.7 Å². The van der Waals surface area contributed by atoms with Gasteiger partial charge in [-0.2, -0.15) is 0 Å². The molecule has 0 radical (unpaired) electrons. The summed E-state index contributed by atoms with van der Waals surface area (Å²) in [5.74, 6) is -0.478. The third kappa shape index (κ3) is 6.75. The van der Waals surface area contributed by atoms with Crippen LogP contribution in [0.5, 0.6) is 5.75 Å². The number of benzene rings is 3. The van der Waals surface area contributed by atoms with Crippen molar-refractivity contribution in [2.75, 3.05) is 12.4 Å². The van der Waals surface area contributed by atoms with Crippen molar-refractivity contribution < 1.29 is 19.1 Å². The van der Waals surface area contributed by atoms with Crippen LogP contribution in [0, 0.1) is 10.5 Å². The normalized spacial score (nSPS) is 10.1. The molecule has 0 unspecified atom stereocenters. The lowest BCUT2D eigenvalue weighted by molar-refractivity contribution is 0.0934. The molecule has 3 amide bonds. The zero-order valence-corrected chi connectivity index (χ0v) is 21.2. The first kappa shape index (κ1) is 25.1. The Kier molecular flexibility index (Phi) is 8.55. The van der Waals surface area contributed by atoms with Crippen LogP contribution in [0.25, 0.3) is 0 Å². The lowest BCUT2D eigenvalue weighted by Crippen LogP contribution is -2.48. The number of carbonyl (C=O) groups is 3. The highest BCUT2D eigenvalue weighted by Gasteiger charge is 2.12. The Morgan fingerprint density at radius 2 is 1.50 bits per heavy atom. The average molecular weight is 588 g/mol. The van der Waals surface area contributed by atoms with Crippen molar-refractivity contribution in [1.29, 1.82) is 0 Å². The number of thiocarbonyl (C=S) groups is 1. The fraction of sp³-hybridized carbons (Fsp3) is 0.0833. The molecule has 10 heteroatoms. The summed E-state index contributed by atoms with van der Waals surface area (Å²) in [5.41, 5.74) is 7.73. The molecular formula is C24H21IN4O4S. The number of rotatable bonds is 5. The van der Waals surface area contributed by atoms with Gasteiger partial charge < -0.3 is 10.1 Å². The maximum Gasteiger partial charge on any atom is 0.269 e. The highest BCUT2D eigenvalue weighted by molar-refractivity contribution is 14.1. The molecule has 0 spiro atoms. The van der Waals surface area contributed by atoms with Crippen molar-refractivity contribution in [3.05, 3.63) is 92.6 Å². The number of aryl methyl sites for hydroxylation is 1. The highest BCUT2D eigenvalue weighted by atomic mass is 127. The topological polar surface area (TPSA) is 109 Å². The molecule has 0 aromatic heterocycles. The lowest BCUT2D eigenvalue weighted by Gasteiger charge is -2.12. The number of nitrogens with one attached hydrogen (secondary N) is 4. The first-order chi connectivity index (χ1) is 16.3. The van der Waals surface area contributed by atoms with Gasteiger partial charge >= 0.3 is 0 Å². The fourth-order valence-corrected chi connectivity index (χ4v) is 3.77. The number of amides is 3. The van der Waals surface area contributed by atoms with Crippen LogP contribution >= 0.6 is 34.8 Å². The van der Waals surface area contributed by atoms with E-state index in [0.29, 0.717) is 28.1 Å². The van der Waals surface area contributed by atoms with Gasteiger partial charge in [-0.05, 0) is 96.3 Å². The summed E-state index contributed by atoms with van der Waals surface area (Å²) in [5, 5.41) is 5.22. The summed E-state index contributed by atoms with van der Waals surface area (Å²) in [7, 11) is 1.55. The van der Waals surface area contributed by atoms with Crippen LogP contribution in [-0.4, -0.2) is 29.9 Å². The molecule has 34 heavy (non-hydrogen) atoms. The molecular weight excluding hydrogens is 567 g/mol. The Balaban J connectivity index is 1.50. The molecule has 174 valence electrons. The molecule has 0 bridgehead atoms. The minimum absolute atomic E-state index is 0.0637. The van der Waals surface area contributed by atoms with E-state index in [1.807, 2.05) is 19.1 Å². The van der Waals surface area contributed by atoms with Crippen LogP contribution in [0.3, 0.4) is 0 Å². The smallest absolute Gasteiger partial charge is 0.269 e. The molecule has 0 saturated carbocycles. The van der Waals surface area contributed by atoms with Crippen molar-refractivity contribution in [3.63, 3.8) is 0 Å². The zero-order chi connectivity index (χ0) is 24.7. The molecule has 0 heterocycles. The van der Waals surface area contributed by atoms with Crippen molar-refractivity contribution in [2.24, 2.45) is 0 Å². The second kappa shape index (κ2) is 11.6. The molecule has 3 aromatic carbocycles. The number of anilines is 1. The minimum Gasteiger partial charge on any atom is -0.496 e. The maximum absolute atomic E-state index is 12.4. The summed E-state index contributed by atoms with van der Waals surface area (Å²) >= 11 is 7.14. The van der Waals surface area contributed by atoms with Crippen molar-refractivity contribution >= 4 is 63.3 Å².